The van der Waals surface area contributed by atoms with Gasteiger partial charge in [0, 0.05) is 18.0 Å². The van der Waals surface area contributed by atoms with Crippen LogP contribution in [-0.2, 0) is 4.79 Å². The minimum atomic E-state index is -0.416. The number of hydroxylamine groups is 1. The minimum absolute atomic E-state index is 0.214. The fraction of sp³-hybridized carbons (Fsp3) is 0.333. The Morgan fingerprint density at radius 2 is 1.63 bits per heavy atom. The zero-order valence-electron chi connectivity index (χ0n) is 15.6. The van der Waals surface area contributed by atoms with E-state index in [9.17, 15) is 9.59 Å². The van der Waals surface area contributed by atoms with Gasteiger partial charge in [-0.3, -0.25) is 14.8 Å². The molecule has 144 valence electrons. The summed E-state index contributed by atoms with van der Waals surface area (Å²) < 4.78 is 5.70. The Bertz CT molecular complexity index is 730. The van der Waals surface area contributed by atoms with Crippen molar-refractivity contribution < 1.29 is 19.5 Å². The van der Waals surface area contributed by atoms with Crippen molar-refractivity contribution in [1.29, 1.82) is 0 Å². The Labute approximate surface area is 159 Å². The summed E-state index contributed by atoms with van der Waals surface area (Å²) in [7, 11) is 0. The normalized spacial score (nSPS) is 11.7. The number of benzene rings is 2. The second kappa shape index (κ2) is 10.3. The highest BCUT2D eigenvalue weighted by molar-refractivity contribution is 5.94. The maximum Gasteiger partial charge on any atom is 0.251 e. The lowest BCUT2D eigenvalue weighted by atomic mass is 9.93. The maximum absolute atomic E-state index is 12.3. The molecule has 2 aromatic rings. The molecular weight excluding hydrogens is 344 g/mol. The summed E-state index contributed by atoms with van der Waals surface area (Å²) in [6.45, 7) is 4.37. The molecular formula is C21H26N2O4. The topological polar surface area (TPSA) is 87.7 Å². The summed E-state index contributed by atoms with van der Waals surface area (Å²) in [6, 6.07) is 16.3. The van der Waals surface area contributed by atoms with E-state index in [1.165, 1.54) is 0 Å². The number of hydrogen-bond donors (Lipinski definition) is 3. The Balaban J connectivity index is 1.85. The maximum atomic E-state index is 12.3. The van der Waals surface area contributed by atoms with Gasteiger partial charge in [-0.15, -0.1) is 0 Å². The van der Waals surface area contributed by atoms with Crippen molar-refractivity contribution in [3.8, 4) is 11.5 Å². The SMILES string of the molecule is CC(C)CC(CCNC(=O)c1ccc(Oc2ccccc2)cc1)C(=O)NO. The molecule has 2 amide bonds. The van der Waals surface area contributed by atoms with Crippen LogP contribution < -0.4 is 15.5 Å². The van der Waals surface area contributed by atoms with Gasteiger partial charge in [-0.05, 0) is 55.2 Å². The van der Waals surface area contributed by atoms with E-state index in [1.54, 1.807) is 29.7 Å². The van der Waals surface area contributed by atoms with Crippen LogP contribution in [0.15, 0.2) is 54.6 Å². The van der Waals surface area contributed by atoms with Gasteiger partial charge in [0.15, 0.2) is 0 Å². The Kier molecular flexibility index (Phi) is 7.82. The van der Waals surface area contributed by atoms with Crippen LogP contribution >= 0.6 is 0 Å². The Morgan fingerprint density at radius 3 is 2.22 bits per heavy atom. The third kappa shape index (κ3) is 6.75. The summed E-state index contributed by atoms with van der Waals surface area (Å²) in [6.07, 6.45) is 1.11. The smallest absolute Gasteiger partial charge is 0.251 e. The number of nitrogens with one attached hydrogen (secondary N) is 2. The van der Waals surface area contributed by atoms with Crippen LogP contribution in [0.25, 0.3) is 0 Å². The molecule has 0 saturated heterocycles. The lowest BCUT2D eigenvalue weighted by molar-refractivity contribution is -0.134. The van der Waals surface area contributed by atoms with Crippen LogP contribution in [-0.4, -0.2) is 23.6 Å². The van der Waals surface area contributed by atoms with Crippen LogP contribution in [0.1, 0.15) is 37.0 Å². The van der Waals surface area contributed by atoms with Crippen molar-refractivity contribution in [2.24, 2.45) is 11.8 Å². The first kappa shape index (κ1) is 20.5. The highest BCUT2D eigenvalue weighted by atomic mass is 16.5. The van der Waals surface area contributed by atoms with Crippen molar-refractivity contribution in [1.82, 2.24) is 10.8 Å². The molecule has 0 aliphatic rings. The number of carbonyl (C=O) groups is 2. The van der Waals surface area contributed by atoms with E-state index < -0.39 is 5.91 Å². The molecule has 0 heterocycles. The fourth-order valence-corrected chi connectivity index (χ4v) is 2.78. The van der Waals surface area contributed by atoms with Gasteiger partial charge in [0.05, 0.1) is 0 Å². The summed E-state index contributed by atoms with van der Waals surface area (Å²) >= 11 is 0. The molecule has 0 aliphatic heterocycles. The molecule has 0 aliphatic carbocycles. The van der Waals surface area contributed by atoms with E-state index in [0.717, 1.165) is 5.75 Å². The second-order valence-electron chi connectivity index (χ2n) is 6.79. The van der Waals surface area contributed by atoms with Gasteiger partial charge in [-0.1, -0.05) is 32.0 Å². The summed E-state index contributed by atoms with van der Waals surface area (Å²) in [5.74, 6) is 0.730. The zero-order valence-corrected chi connectivity index (χ0v) is 15.6. The van der Waals surface area contributed by atoms with Gasteiger partial charge in [-0.2, -0.15) is 0 Å². The number of carbonyl (C=O) groups excluding carboxylic acids is 2. The van der Waals surface area contributed by atoms with Gasteiger partial charge >= 0.3 is 0 Å². The van der Waals surface area contributed by atoms with Gasteiger partial charge in [0.25, 0.3) is 5.91 Å². The number of para-hydroxylation sites is 1. The van der Waals surface area contributed by atoms with E-state index in [2.05, 4.69) is 5.32 Å². The number of rotatable bonds is 9. The molecule has 0 spiro atoms. The van der Waals surface area contributed by atoms with Crippen molar-refractivity contribution in [2.75, 3.05) is 6.54 Å². The first-order chi connectivity index (χ1) is 13.0. The van der Waals surface area contributed by atoms with Crippen molar-refractivity contribution in [3.63, 3.8) is 0 Å². The van der Waals surface area contributed by atoms with Crippen LogP contribution in [0.5, 0.6) is 11.5 Å². The molecule has 1 unspecified atom stereocenters. The van der Waals surface area contributed by atoms with Crippen LogP contribution in [0.2, 0.25) is 0 Å². The van der Waals surface area contributed by atoms with Gasteiger partial charge < -0.3 is 10.1 Å². The molecule has 0 fully saturated rings. The standard InChI is InChI=1S/C21H26N2O4/c1-15(2)14-17(21(25)23-26)12-13-22-20(24)16-8-10-19(11-9-16)27-18-6-4-3-5-7-18/h3-11,15,17,26H,12-14H2,1-2H3,(H,22,24)(H,23,25). The molecule has 0 aromatic heterocycles. The number of hydrogen-bond acceptors (Lipinski definition) is 4. The van der Waals surface area contributed by atoms with Crippen molar-refractivity contribution in [3.05, 3.63) is 60.2 Å². The lowest BCUT2D eigenvalue weighted by Crippen LogP contribution is -2.33. The van der Waals surface area contributed by atoms with Gasteiger partial charge in [0.2, 0.25) is 5.91 Å². The largest absolute Gasteiger partial charge is 0.457 e. The van der Waals surface area contributed by atoms with Crippen LogP contribution in [0, 0.1) is 11.8 Å². The number of amides is 2. The molecule has 0 bridgehead atoms. The van der Waals surface area contributed by atoms with E-state index in [-0.39, 0.29) is 11.8 Å². The molecule has 6 heteroatoms. The van der Waals surface area contributed by atoms with Crippen molar-refractivity contribution >= 4 is 11.8 Å². The van der Waals surface area contributed by atoms with E-state index in [0.29, 0.717) is 36.6 Å². The molecule has 3 N–H and O–H groups in total. The quantitative estimate of drug-likeness (QED) is 0.463. The highest BCUT2D eigenvalue weighted by Crippen LogP contribution is 2.21. The predicted octanol–water partition coefficient (Wildman–Crippen LogP) is 3.77. The molecule has 0 saturated carbocycles. The van der Waals surface area contributed by atoms with E-state index in [4.69, 9.17) is 9.94 Å². The van der Waals surface area contributed by atoms with E-state index in [1.807, 2.05) is 44.2 Å². The zero-order chi connectivity index (χ0) is 19.6. The van der Waals surface area contributed by atoms with Crippen LogP contribution in [0.3, 0.4) is 0 Å². The third-order valence-electron chi connectivity index (χ3n) is 4.11. The highest BCUT2D eigenvalue weighted by Gasteiger charge is 2.19. The van der Waals surface area contributed by atoms with Gasteiger partial charge in [-0.25, -0.2) is 5.48 Å². The lowest BCUT2D eigenvalue weighted by Gasteiger charge is -2.17. The summed E-state index contributed by atoms with van der Waals surface area (Å²) in [5, 5.41) is 11.6. The van der Waals surface area contributed by atoms with E-state index >= 15 is 0 Å². The van der Waals surface area contributed by atoms with Crippen LogP contribution in [0.4, 0.5) is 0 Å². The first-order valence-electron chi connectivity index (χ1n) is 9.04. The van der Waals surface area contributed by atoms with Gasteiger partial charge in [0.1, 0.15) is 11.5 Å². The molecule has 2 aromatic carbocycles. The fourth-order valence-electron chi connectivity index (χ4n) is 2.78. The third-order valence-corrected chi connectivity index (χ3v) is 4.11. The second-order valence-corrected chi connectivity index (χ2v) is 6.79. The molecule has 0 radical (unpaired) electrons. The molecule has 1 atom stereocenters. The predicted molar refractivity (Wildman–Crippen MR) is 103 cm³/mol. The average molecular weight is 370 g/mol. The molecule has 6 nitrogen and oxygen atoms in total. The molecule has 2 rings (SSSR count). The summed E-state index contributed by atoms with van der Waals surface area (Å²) in [4.78, 5) is 23.9. The Morgan fingerprint density at radius 1 is 1.00 bits per heavy atom. The average Bonchev–Trinajstić information content (AvgIpc) is 2.67. The minimum Gasteiger partial charge on any atom is -0.457 e. The summed E-state index contributed by atoms with van der Waals surface area (Å²) in [5.41, 5.74) is 2.22. The first-order valence-corrected chi connectivity index (χ1v) is 9.04. The Hall–Kier alpha value is -2.86. The van der Waals surface area contributed by atoms with Crippen molar-refractivity contribution in [2.45, 2.75) is 26.7 Å². The monoisotopic (exact) mass is 370 g/mol. The number of ether oxygens (including phenoxy) is 1. The molecule has 27 heavy (non-hydrogen) atoms.